The lowest BCUT2D eigenvalue weighted by atomic mass is 10.2. The van der Waals surface area contributed by atoms with E-state index in [0.29, 0.717) is 6.04 Å². The van der Waals surface area contributed by atoms with Gasteiger partial charge in [0, 0.05) is 11.6 Å². The predicted octanol–water partition coefficient (Wildman–Crippen LogP) is 4.07. The second-order valence-electron chi connectivity index (χ2n) is 4.66. The van der Waals surface area contributed by atoms with Crippen LogP contribution in [0.3, 0.4) is 0 Å². The fraction of sp³-hybridized carbons (Fsp3) is 0.385. The summed E-state index contributed by atoms with van der Waals surface area (Å²) in [5.74, 6) is 0.803. The first-order valence-corrected chi connectivity index (χ1v) is 7.28. The van der Waals surface area contributed by atoms with Crippen LogP contribution in [-0.4, -0.2) is 16.2 Å². The van der Waals surface area contributed by atoms with Crippen molar-refractivity contribution in [3.05, 3.63) is 29.3 Å². The second-order valence-corrected chi connectivity index (χ2v) is 6.05. The van der Waals surface area contributed by atoms with Crippen LogP contribution in [0.4, 0.5) is 5.13 Å². The fourth-order valence-electron chi connectivity index (χ4n) is 1.93. The molecule has 1 aliphatic rings. The minimum absolute atomic E-state index is 0.483. The number of hydrogen-bond donors (Lipinski definition) is 1. The van der Waals surface area contributed by atoms with E-state index in [1.165, 1.54) is 12.8 Å². The lowest BCUT2D eigenvalue weighted by Gasteiger charge is -2.09. The predicted molar refractivity (Wildman–Crippen MR) is 76.2 cm³/mol. The van der Waals surface area contributed by atoms with E-state index in [1.807, 2.05) is 24.3 Å². The molecule has 0 spiro atoms. The highest BCUT2D eigenvalue weighted by Gasteiger charge is 2.28. The van der Waals surface area contributed by atoms with E-state index < -0.39 is 0 Å². The third-order valence-corrected chi connectivity index (χ3v) is 4.43. The molecule has 5 heteroatoms. The van der Waals surface area contributed by atoms with Gasteiger partial charge in [-0.15, -0.1) is 10.2 Å². The van der Waals surface area contributed by atoms with Gasteiger partial charge in [-0.1, -0.05) is 41.1 Å². The SMILES string of the molecule is CC(Nc1nnc(-c2ccccc2Cl)s1)C1CC1. The average molecular weight is 280 g/mol. The van der Waals surface area contributed by atoms with Crippen molar-refractivity contribution in [2.45, 2.75) is 25.8 Å². The molecule has 1 aromatic carbocycles. The van der Waals surface area contributed by atoms with Crippen LogP contribution in [0.15, 0.2) is 24.3 Å². The topological polar surface area (TPSA) is 37.8 Å². The highest BCUT2D eigenvalue weighted by molar-refractivity contribution is 7.18. The van der Waals surface area contributed by atoms with E-state index in [2.05, 4.69) is 22.4 Å². The van der Waals surface area contributed by atoms with Crippen LogP contribution in [0.1, 0.15) is 19.8 Å². The van der Waals surface area contributed by atoms with Gasteiger partial charge in [0.05, 0.1) is 5.02 Å². The third-order valence-electron chi connectivity index (χ3n) is 3.21. The summed E-state index contributed by atoms with van der Waals surface area (Å²) in [7, 11) is 0. The molecule has 0 amide bonds. The van der Waals surface area contributed by atoms with Gasteiger partial charge in [0.1, 0.15) is 0 Å². The molecule has 1 unspecified atom stereocenters. The number of aromatic nitrogens is 2. The number of anilines is 1. The molecule has 1 heterocycles. The first-order chi connectivity index (χ1) is 8.74. The highest BCUT2D eigenvalue weighted by Crippen LogP contribution is 2.36. The van der Waals surface area contributed by atoms with Crippen LogP contribution < -0.4 is 5.32 Å². The van der Waals surface area contributed by atoms with Crippen molar-refractivity contribution >= 4 is 28.1 Å². The number of rotatable bonds is 4. The Bertz CT molecular complexity index is 551. The molecule has 0 radical (unpaired) electrons. The zero-order valence-electron chi connectivity index (χ0n) is 10.1. The Labute approximate surface area is 115 Å². The zero-order chi connectivity index (χ0) is 12.5. The van der Waals surface area contributed by atoms with Gasteiger partial charge < -0.3 is 5.32 Å². The Hall–Kier alpha value is -1.13. The number of benzene rings is 1. The summed E-state index contributed by atoms with van der Waals surface area (Å²) in [6.45, 7) is 2.20. The smallest absolute Gasteiger partial charge is 0.206 e. The Kier molecular flexibility index (Phi) is 3.22. The molecule has 1 aromatic heterocycles. The monoisotopic (exact) mass is 279 g/mol. The van der Waals surface area contributed by atoms with E-state index in [9.17, 15) is 0 Å². The number of hydrogen-bond acceptors (Lipinski definition) is 4. The molecular formula is C13H14ClN3S. The van der Waals surface area contributed by atoms with Gasteiger partial charge in [-0.05, 0) is 31.7 Å². The van der Waals surface area contributed by atoms with Crippen LogP contribution in [0.5, 0.6) is 0 Å². The van der Waals surface area contributed by atoms with Crippen molar-refractivity contribution in [1.82, 2.24) is 10.2 Å². The molecule has 0 aliphatic heterocycles. The first-order valence-electron chi connectivity index (χ1n) is 6.09. The van der Waals surface area contributed by atoms with Crippen LogP contribution >= 0.6 is 22.9 Å². The van der Waals surface area contributed by atoms with E-state index in [-0.39, 0.29) is 0 Å². The van der Waals surface area contributed by atoms with Gasteiger partial charge in [-0.3, -0.25) is 0 Å². The largest absolute Gasteiger partial charge is 0.357 e. The molecule has 0 saturated heterocycles. The van der Waals surface area contributed by atoms with Crippen LogP contribution in [0, 0.1) is 5.92 Å². The standard InChI is InChI=1S/C13H14ClN3S/c1-8(9-6-7-9)15-13-17-16-12(18-13)10-4-2-3-5-11(10)14/h2-5,8-9H,6-7H2,1H3,(H,15,17). The minimum atomic E-state index is 0.483. The van der Waals surface area contributed by atoms with Crippen molar-refractivity contribution in [1.29, 1.82) is 0 Å². The summed E-state index contributed by atoms with van der Waals surface area (Å²) in [4.78, 5) is 0. The van der Waals surface area contributed by atoms with Gasteiger partial charge in [-0.2, -0.15) is 0 Å². The number of halogens is 1. The summed E-state index contributed by atoms with van der Waals surface area (Å²) in [5.41, 5.74) is 0.948. The molecule has 1 saturated carbocycles. The quantitative estimate of drug-likeness (QED) is 0.917. The zero-order valence-corrected chi connectivity index (χ0v) is 11.6. The van der Waals surface area contributed by atoms with Crippen LogP contribution in [0.25, 0.3) is 10.6 Å². The van der Waals surface area contributed by atoms with E-state index in [1.54, 1.807) is 11.3 Å². The molecule has 1 fully saturated rings. The minimum Gasteiger partial charge on any atom is -0.357 e. The molecule has 18 heavy (non-hydrogen) atoms. The summed E-state index contributed by atoms with van der Waals surface area (Å²) < 4.78 is 0. The normalized spacial score (nSPS) is 16.6. The summed E-state index contributed by atoms with van der Waals surface area (Å²) in [6, 6.07) is 8.20. The second kappa shape index (κ2) is 4.86. The van der Waals surface area contributed by atoms with Crippen molar-refractivity contribution in [2.75, 3.05) is 5.32 Å². The average Bonchev–Trinajstić information content (AvgIpc) is 3.12. The van der Waals surface area contributed by atoms with E-state index in [4.69, 9.17) is 11.6 Å². The molecule has 1 aliphatic carbocycles. The van der Waals surface area contributed by atoms with Gasteiger partial charge >= 0.3 is 0 Å². The summed E-state index contributed by atoms with van der Waals surface area (Å²) in [5, 5.41) is 14.3. The summed E-state index contributed by atoms with van der Waals surface area (Å²) in [6.07, 6.45) is 2.65. The van der Waals surface area contributed by atoms with Crippen molar-refractivity contribution < 1.29 is 0 Å². The molecule has 1 N–H and O–H groups in total. The van der Waals surface area contributed by atoms with Crippen molar-refractivity contribution in [2.24, 2.45) is 5.92 Å². The molecular weight excluding hydrogens is 266 g/mol. The van der Waals surface area contributed by atoms with Gasteiger partial charge in [0.25, 0.3) is 0 Å². The van der Waals surface area contributed by atoms with Gasteiger partial charge in [0.2, 0.25) is 5.13 Å². The Morgan fingerprint density at radius 2 is 2.11 bits per heavy atom. The first kappa shape index (κ1) is 11.9. The molecule has 3 rings (SSSR count). The van der Waals surface area contributed by atoms with Crippen molar-refractivity contribution in [3.8, 4) is 10.6 Å². The van der Waals surface area contributed by atoms with E-state index >= 15 is 0 Å². The van der Waals surface area contributed by atoms with Crippen LogP contribution in [-0.2, 0) is 0 Å². The van der Waals surface area contributed by atoms with Gasteiger partial charge in [-0.25, -0.2) is 0 Å². The van der Waals surface area contributed by atoms with Gasteiger partial charge in [0.15, 0.2) is 5.01 Å². The molecule has 94 valence electrons. The maximum atomic E-state index is 6.15. The molecule has 1 atom stereocenters. The molecule has 0 bridgehead atoms. The lowest BCUT2D eigenvalue weighted by molar-refractivity contribution is 0.692. The lowest BCUT2D eigenvalue weighted by Crippen LogP contribution is -2.16. The Morgan fingerprint density at radius 1 is 1.33 bits per heavy atom. The van der Waals surface area contributed by atoms with Crippen molar-refractivity contribution in [3.63, 3.8) is 0 Å². The highest BCUT2D eigenvalue weighted by atomic mass is 35.5. The third kappa shape index (κ3) is 2.49. The molecule has 2 aromatic rings. The summed E-state index contributed by atoms with van der Waals surface area (Å²) >= 11 is 7.71. The Balaban J connectivity index is 1.78. The van der Waals surface area contributed by atoms with Crippen LogP contribution in [0.2, 0.25) is 5.02 Å². The van der Waals surface area contributed by atoms with E-state index in [0.717, 1.165) is 26.6 Å². The molecule has 3 nitrogen and oxygen atoms in total. The maximum Gasteiger partial charge on any atom is 0.206 e. The maximum absolute atomic E-state index is 6.15. The fourth-order valence-corrected chi connectivity index (χ4v) is 3.09. The Morgan fingerprint density at radius 3 is 2.83 bits per heavy atom. The number of nitrogens with one attached hydrogen (secondary N) is 1. The number of nitrogens with zero attached hydrogens (tertiary/aromatic N) is 2.